The second-order valence-electron chi connectivity index (χ2n) is 4.62. The standard InChI is InChI=1S/C12H19N3O2/c1-2-15-6-4-13-11(15)9-14-5-3-10(8-14)7-12(16)17/h4,6,10H,2-3,5,7-9H2,1H3,(H,16,17). The average Bonchev–Trinajstić information content (AvgIpc) is 2.87. The van der Waals surface area contributed by atoms with Gasteiger partial charge in [0, 0.05) is 31.9 Å². The van der Waals surface area contributed by atoms with Crippen molar-refractivity contribution in [3.63, 3.8) is 0 Å². The number of carbonyl (C=O) groups is 1. The molecule has 0 aromatic carbocycles. The van der Waals surface area contributed by atoms with Gasteiger partial charge in [-0.2, -0.15) is 0 Å². The molecule has 1 fully saturated rings. The highest BCUT2D eigenvalue weighted by Crippen LogP contribution is 2.20. The Morgan fingerprint density at radius 1 is 1.65 bits per heavy atom. The summed E-state index contributed by atoms with van der Waals surface area (Å²) in [6.45, 7) is 5.72. The third-order valence-electron chi connectivity index (χ3n) is 3.34. The molecule has 1 saturated heterocycles. The van der Waals surface area contributed by atoms with E-state index in [9.17, 15) is 4.79 Å². The van der Waals surface area contributed by atoms with Gasteiger partial charge in [-0.3, -0.25) is 9.69 Å². The molecule has 1 aliphatic rings. The lowest BCUT2D eigenvalue weighted by Gasteiger charge is -2.15. The van der Waals surface area contributed by atoms with E-state index in [4.69, 9.17) is 5.11 Å². The van der Waals surface area contributed by atoms with Gasteiger partial charge in [0.1, 0.15) is 5.82 Å². The monoisotopic (exact) mass is 237 g/mol. The summed E-state index contributed by atoms with van der Waals surface area (Å²) in [5.74, 6) is 0.688. The summed E-state index contributed by atoms with van der Waals surface area (Å²) >= 11 is 0. The van der Waals surface area contributed by atoms with Crippen molar-refractivity contribution in [2.75, 3.05) is 13.1 Å². The number of hydrogen-bond donors (Lipinski definition) is 1. The van der Waals surface area contributed by atoms with E-state index in [0.717, 1.165) is 38.4 Å². The minimum atomic E-state index is -0.688. The number of aliphatic carboxylic acids is 1. The summed E-state index contributed by atoms with van der Waals surface area (Å²) in [7, 11) is 0. The van der Waals surface area contributed by atoms with Crippen molar-refractivity contribution in [3.8, 4) is 0 Å². The van der Waals surface area contributed by atoms with Crippen molar-refractivity contribution in [3.05, 3.63) is 18.2 Å². The smallest absolute Gasteiger partial charge is 0.303 e. The Labute approximate surface area is 101 Å². The maximum Gasteiger partial charge on any atom is 0.303 e. The number of likely N-dealkylation sites (tertiary alicyclic amines) is 1. The largest absolute Gasteiger partial charge is 0.481 e. The van der Waals surface area contributed by atoms with Crippen LogP contribution in [0.3, 0.4) is 0 Å². The predicted molar refractivity (Wildman–Crippen MR) is 63.5 cm³/mol. The van der Waals surface area contributed by atoms with Gasteiger partial charge >= 0.3 is 5.97 Å². The third kappa shape index (κ3) is 3.06. The molecule has 0 radical (unpaired) electrons. The number of carboxylic acid groups (broad SMARTS) is 1. The molecule has 5 heteroatoms. The van der Waals surface area contributed by atoms with Crippen LogP contribution in [-0.4, -0.2) is 38.6 Å². The van der Waals surface area contributed by atoms with Crippen LogP contribution in [0.1, 0.15) is 25.6 Å². The summed E-state index contributed by atoms with van der Waals surface area (Å²) in [4.78, 5) is 17.3. The first-order chi connectivity index (χ1) is 8.19. The van der Waals surface area contributed by atoms with Crippen LogP contribution >= 0.6 is 0 Å². The van der Waals surface area contributed by atoms with Crippen molar-refractivity contribution < 1.29 is 9.90 Å². The van der Waals surface area contributed by atoms with Crippen LogP contribution in [0.4, 0.5) is 0 Å². The first-order valence-corrected chi connectivity index (χ1v) is 6.13. The van der Waals surface area contributed by atoms with Gasteiger partial charge in [0.2, 0.25) is 0 Å². The van der Waals surface area contributed by atoms with Crippen LogP contribution in [0, 0.1) is 5.92 Å². The van der Waals surface area contributed by atoms with Crippen LogP contribution in [0.25, 0.3) is 0 Å². The van der Waals surface area contributed by atoms with E-state index in [-0.39, 0.29) is 0 Å². The van der Waals surface area contributed by atoms with Crippen molar-refractivity contribution in [2.45, 2.75) is 32.9 Å². The van der Waals surface area contributed by atoms with E-state index < -0.39 is 5.97 Å². The lowest BCUT2D eigenvalue weighted by atomic mass is 10.1. The van der Waals surface area contributed by atoms with E-state index in [2.05, 4.69) is 21.4 Å². The van der Waals surface area contributed by atoms with Crippen LogP contribution in [0.5, 0.6) is 0 Å². The molecular formula is C12H19N3O2. The number of imidazole rings is 1. The normalized spacial score (nSPS) is 20.9. The Kier molecular flexibility index (Phi) is 3.78. The SMILES string of the molecule is CCn1ccnc1CN1CCC(CC(=O)O)C1. The molecule has 2 rings (SSSR count). The molecular weight excluding hydrogens is 218 g/mol. The summed E-state index contributed by atoms with van der Waals surface area (Å²) < 4.78 is 2.13. The number of carboxylic acids is 1. The number of hydrogen-bond acceptors (Lipinski definition) is 3. The van der Waals surface area contributed by atoms with Gasteiger partial charge in [-0.05, 0) is 25.8 Å². The van der Waals surface area contributed by atoms with Gasteiger partial charge in [0.25, 0.3) is 0 Å². The maximum atomic E-state index is 10.6. The number of aromatic nitrogens is 2. The van der Waals surface area contributed by atoms with Crippen molar-refractivity contribution in [2.24, 2.45) is 5.92 Å². The Morgan fingerprint density at radius 2 is 2.47 bits per heavy atom. The van der Waals surface area contributed by atoms with E-state index in [1.54, 1.807) is 0 Å². The quantitative estimate of drug-likeness (QED) is 0.836. The molecule has 0 spiro atoms. The first-order valence-electron chi connectivity index (χ1n) is 6.13. The highest BCUT2D eigenvalue weighted by atomic mass is 16.4. The van der Waals surface area contributed by atoms with Gasteiger partial charge in [-0.25, -0.2) is 4.98 Å². The lowest BCUT2D eigenvalue weighted by molar-refractivity contribution is -0.138. The second-order valence-corrected chi connectivity index (χ2v) is 4.62. The number of aryl methyl sites for hydroxylation is 1. The molecule has 1 unspecified atom stereocenters. The molecule has 1 atom stereocenters. The topological polar surface area (TPSA) is 58.4 Å². The molecule has 0 amide bonds. The molecule has 94 valence electrons. The Bertz CT molecular complexity index is 389. The lowest BCUT2D eigenvalue weighted by Crippen LogP contribution is -2.23. The van der Waals surface area contributed by atoms with E-state index in [1.807, 2.05) is 12.4 Å². The zero-order chi connectivity index (χ0) is 12.3. The minimum Gasteiger partial charge on any atom is -0.481 e. The molecule has 1 aliphatic heterocycles. The highest BCUT2D eigenvalue weighted by molar-refractivity contribution is 5.67. The molecule has 0 saturated carbocycles. The number of nitrogens with zero attached hydrogens (tertiary/aromatic N) is 3. The Morgan fingerprint density at radius 3 is 3.18 bits per heavy atom. The van der Waals surface area contributed by atoms with Gasteiger partial charge in [-0.1, -0.05) is 0 Å². The molecule has 0 bridgehead atoms. The molecule has 2 heterocycles. The minimum absolute atomic E-state index is 0.290. The fourth-order valence-corrected chi connectivity index (χ4v) is 2.45. The van der Waals surface area contributed by atoms with Crippen LogP contribution in [-0.2, 0) is 17.9 Å². The Hall–Kier alpha value is -1.36. The Balaban J connectivity index is 1.87. The van der Waals surface area contributed by atoms with E-state index >= 15 is 0 Å². The average molecular weight is 237 g/mol. The first kappa shape index (κ1) is 12.1. The third-order valence-corrected chi connectivity index (χ3v) is 3.34. The molecule has 5 nitrogen and oxygen atoms in total. The molecule has 17 heavy (non-hydrogen) atoms. The maximum absolute atomic E-state index is 10.6. The summed E-state index contributed by atoms with van der Waals surface area (Å²) in [6.07, 6.45) is 5.08. The van der Waals surface area contributed by atoms with Crippen molar-refractivity contribution >= 4 is 5.97 Å². The highest BCUT2D eigenvalue weighted by Gasteiger charge is 2.25. The van der Waals surface area contributed by atoms with Gasteiger partial charge in [0.15, 0.2) is 0 Å². The molecule has 0 aliphatic carbocycles. The van der Waals surface area contributed by atoms with Crippen LogP contribution in [0.15, 0.2) is 12.4 Å². The molecule has 1 aromatic rings. The molecule has 1 N–H and O–H groups in total. The summed E-state index contributed by atoms with van der Waals surface area (Å²) in [5, 5.41) is 8.76. The zero-order valence-electron chi connectivity index (χ0n) is 10.2. The van der Waals surface area contributed by atoms with Crippen LogP contribution in [0.2, 0.25) is 0 Å². The summed E-state index contributed by atoms with van der Waals surface area (Å²) in [6, 6.07) is 0. The van der Waals surface area contributed by atoms with E-state index in [1.165, 1.54) is 0 Å². The second kappa shape index (κ2) is 5.31. The summed E-state index contributed by atoms with van der Waals surface area (Å²) in [5.41, 5.74) is 0. The van der Waals surface area contributed by atoms with Crippen molar-refractivity contribution in [1.29, 1.82) is 0 Å². The van der Waals surface area contributed by atoms with Gasteiger partial charge in [0.05, 0.1) is 6.54 Å². The van der Waals surface area contributed by atoms with E-state index in [0.29, 0.717) is 12.3 Å². The van der Waals surface area contributed by atoms with Gasteiger partial charge in [-0.15, -0.1) is 0 Å². The van der Waals surface area contributed by atoms with Gasteiger partial charge < -0.3 is 9.67 Å². The fraction of sp³-hybridized carbons (Fsp3) is 0.667. The van der Waals surface area contributed by atoms with Crippen LogP contribution < -0.4 is 0 Å². The predicted octanol–water partition coefficient (Wildman–Crippen LogP) is 1.20. The molecule has 1 aromatic heterocycles. The fourth-order valence-electron chi connectivity index (χ4n) is 2.45. The van der Waals surface area contributed by atoms with Crippen molar-refractivity contribution in [1.82, 2.24) is 14.5 Å². The number of rotatable bonds is 5. The zero-order valence-corrected chi connectivity index (χ0v) is 10.2.